The molecule has 0 bridgehead atoms. The molecular weight excluding hydrogens is 320 g/mol. The zero-order valence-corrected chi connectivity index (χ0v) is 13.8. The number of carbonyl (C=O) groups excluding carboxylic acids is 1. The summed E-state index contributed by atoms with van der Waals surface area (Å²) in [6, 6.07) is 7.38. The quantitative estimate of drug-likeness (QED) is 0.730. The maximum Gasteiger partial charge on any atom is 0.268 e. The average Bonchev–Trinajstić information content (AvgIpc) is 3.04. The van der Waals surface area contributed by atoms with Gasteiger partial charge >= 0.3 is 0 Å². The lowest BCUT2D eigenvalue weighted by atomic mass is 10.3. The summed E-state index contributed by atoms with van der Waals surface area (Å²) < 4.78 is 6.26. The number of nitrogens with zero attached hydrogens (tertiary/aromatic N) is 4. The third-order valence-electron chi connectivity index (χ3n) is 3.38. The lowest BCUT2D eigenvalue weighted by Gasteiger charge is -2.15. The molecule has 8 heteroatoms. The highest BCUT2D eigenvalue weighted by Crippen LogP contribution is 2.16. The third-order valence-corrected chi connectivity index (χ3v) is 5.26. The second-order valence-corrected chi connectivity index (χ2v) is 6.86. The molecule has 0 unspecified atom stereocenters. The zero-order chi connectivity index (χ0) is 15.7. The molecule has 2 heterocycles. The van der Waals surface area contributed by atoms with Gasteiger partial charge in [0.05, 0.1) is 27.2 Å². The van der Waals surface area contributed by atoms with E-state index >= 15 is 0 Å². The first-order valence-corrected chi connectivity index (χ1v) is 8.21. The Hall–Kier alpha value is -2.06. The normalized spacial score (nSPS) is 11.0. The topological polar surface area (TPSA) is 68.1 Å². The van der Waals surface area contributed by atoms with Crippen molar-refractivity contribution in [3.05, 3.63) is 45.2 Å². The number of hydrogen-bond donors (Lipinski definition) is 0. The van der Waals surface area contributed by atoms with Crippen LogP contribution in [-0.4, -0.2) is 31.4 Å². The van der Waals surface area contributed by atoms with Crippen molar-refractivity contribution < 1.29 is 4.79 Å². The second kappa shape index (κ2) is 5.98. The molecule has 22 heavy (non-hydrogen) atoms. The Morgan fingerprint density at radius 2 is 2.14 bits per heavy atom. The minimum atomic E-state index is -0.113. The first-order chi connectivity index (χ1) is 10.6. The van der Waals surface area contributed by atoms with E-state index < -0.39 is 0 Å². The van der Waals surface area contributed by atoms with Crippen molar-refractivity contribution in [2.24, 2.45) is 0 Å². The van der Waals surface area contributed by atoms with Crippen molar-refractivity contribution in [2.75, 3.05) is 7.05 Å². The van der Waals surface area contributed by atoms with E-state index in [1.54, 1.807) is 18.0 Å². The fourth-order valence-electron chi connectivity index (χ4n) is 2.06. The van der Waals surface area contributed by atoms with E-state index in [9.17, 15) is 9.59 Å². The first kappa shape index (κ1) is 14.9. The van der Waals surface area contributed by atoms with E-state index in [4.69, 9.17) is 0 Å². The molecule has 0 aliphatic heterocycles. The van der Waals surface area contributed by atoms with Crippen molar-refractivity contribution in [3.8, 4) is 0 Å². The standard InChI is InChI=1S/C14H14N4O2S2/c1-9-12(21-16-15-9)7-17(2)13(19)8-18-14(20)10-5-3-4-6-11(10)22-18/h3-6H,7-8H2,1-2H3. The summed E-state index contributed by atoms with van der Waals surface area (Å²) in [5.41, 5.74) is 0.724. The SMILES string of the molecule is Cc1nnsc1CN(C)C(=O)Cn1sc2ccccc2c1=O. The monoisotopic (exact) mass is 334 g/mol. The number of amides is 1. The predicted octanol–water partition coefficient (Wildman–Crippen LogP) is 1.88. The Labute approximate surface area is 134 Å². The van der Waals surface area contributed by atoms with Crippen molar-refractivity contribution in [1.29, 1.82) is 0 Å². The first-order valence-electron chi connectivity index (χ1n) is 6.67. The largest absolute Gasteiger partial charge is 0.339 e. The van der Waals surface area contributed by atoms with E-state index in [0.29, 0.717) is 11.9 Å². The van der Waals surface area contributed by atoms with Gasteiger partial charge in [-0.2, -0.15) is 0 Å². The van der Waals surface area contributed by atoms with Gasteiger partial charge in [0, 0.05) is 7.05 Å². The van der Waals surface area contributed by atoms with Crippen LogP contribution in [-0.2, 0) is 17.9 Å². The number of aryl methyl sites for hydroxylation is 1. The molecule has 0 fully saturated rings. The highest BCUT2D eigenvalue weighted by atomic mass is 32.1. The fraction of sp³-hybridized carbons (Fsp3) is 0.286. The minimum absolute atomic E-state index is 0.0555. The highest BCUT2D eigenvalue weighted by molar-refractivity contribution is 7.13. The minimum Gasteiger partial charge on any atom is -0.339 e. The summed E-state index contributed by atoms with van der Waals surface area (Å²) in [5.74, 6) is -0.110. The van der Waals surface area contributed by atoms with E-state index in [0.717, 1.165) is 15.3 Å². The summed E-state index contributed by atoms with van der Waals surface area (Å²) in [6.07, 6.45) is 0. The molecule has 3 aromatic rings. The van der Waals surface area contributed by atoms with Crippen molar-refractivity contribution in [1.82, 2.24) is 18.4 Å². The van der Waals surface area contributed by atoms with Crippen LogP contribution in [0.4, 0.5) is 0 Å². The molecule has 0 saturated carbocycles. The van der Waals surface area contributed by atoms with Crippen LogP contribution >= 0.6 is 23.1 Å². The molecule has 0 aliphatic rings. The Morgan fingerprint density at radius 1 is 1.36 bits per heavy atom. The number of rotatable bonds is 4. The summed E-state index contributed by atoms with van der Waals surface area (Å²) >= 11 is 2.60. The molecular formula is C14H14N4O2S2. The number of carbonyl (C=O) groups is 1. The zero-order valence-electron chi connectivity index (χ0n) is 12.1. The maximum atomic E-state index is 12.3. The van der Waals surface area contributed by atoms with Gasteiger partial charge in [0.15, 0.2) is 0 Å². The molecule has 0 radical (unpaired) electrons. The number of fused-ring (bicyclic) bond motifs is 1. The molecule has 1 aromatic carbocycles. The Kier molecular flexibility index (Phi) is 4.04. The Morgan fingerprint density at radius 3 is 2.82 bits per heavy atom. The van der Waals surface area contributed by atoms with Crippen molar-refractivity contribution >= 4 is 39.1 Å². The number of hydrogen-bond acceptors (Lipinski definition) is 6. The molecule has 1 amide bonds. The van der Waals surface area contributed by atoms with E-state index in [1.807, 2.05) is 25.1 Å². The van der Waals surface area contributed by atoms with Crippen LogP contribution in [0.5, 0.6) is 0 Å². The Balaban J connectivity index is 1.76. The van der Waals surface area contributed by atoms with Gasteiger partial charge in [-0.1, -0.05) is 28.2 Å². The molecule has 3 rings (SSSR count). The van der Waals surface area contributed by atoms with Gasteiger partial charge in [0.1, 0.15) is 6.54 Å². The third kappa shape index (κ3) is 2.79. The highest BCUT2D eigenvalue weighted by Gasteiger charge is 2.16. The molecule has 0 N–H and O–H groups in total. The van der Waals surface area contributed by atoms with Gasteiger partial charge in [-0.25, -0.2) is 0 Å². The number of benzene rings is 1. The fourth-order valence-corrected chi connectivity index (χ4v) is 3.74. The van der Waals surface area contributed by atoms with Crippen molar-refractivity contribution in [2.45, 2.75) is 20.0 Å². The lowest BCUT2D eigenvalue weighted by Crippen LogP contribution is -2.31. The Bertz CT molecular complexity index is 880. The summed E-state index contributed by atoms with van der Waals surface area (Å²) in [4.78, 5) is 27.1. The molecule has 0 saturated heterocycles. The number of aromatic nitrogens is 3. The van der Waals surface area contributed by atoms with Crippen LogP contribution in [0.3, 0.4) is 0 Å². The molecule has 114 valence electrons. The van der Waals surface area contributed by atoms with Crippen LogP contribution in [0.2, 0.25) is 0 Å². The summed E-state index contributed by atoms with van der Waals surface area (Å²) in [5, 5.41) is 4.59. The predicted molar refractivity (Wildman–Crippen MR) is 87.2 cm³/mol. The smallest absolute Gasteiger partial charge is 0.268 e. The van der Waals surface area contributed by atoms with Gasteiger partial charge in [-0.15, -0.1) is 5.10 Å². The van der Waals surface area contributed by atoms with Crippen LogP contribution in [0.15, 0.2) is 29.1 Å². The van der Waals surface area contributed by atoms with E-state index in [2.05, 4.69) is 9.59 Å². The number of likely N-dealkylation sites (N-methyl/N-ethyl adjacent to an activating group) is 1. The molecule has 0 spiro atoms. The van der Waals surface area contributed by atoms with Gasteiger partial charge in [-0.3, -0.25) is 13.5 Å². The lowest BCUT2D eigenvalue weighted by molar-refractivity contribution is -0.130. The van der Waals surface area contributed by atoms with Crippen LogP contribution in [0, 0.1) is 6.92 Å². The van der Waals surface area contributed by atoms with E-state index in [1.165, 1.54) is 27.0 Å². The van der Waals surface area contributed by atoms with Crippen LogP contribution in [0.1, 0.15) is 10.6 Å². The summed E-state index contributed by atoms with van der Waals surface area (Å²) in [7, 11) is 1.72. The maximum absolute atomic E-state index is 12.3. The second-order valence-electron chi connectivity index (χ2n) is 4.96. The van der Waals surface area contributed by atoms with Gasteiger partial charge < -0.3 is 4.90 Å². The van der Waals surface area contributed by atoms with Crippen molar-refractivity contribution in [3.63, 3.8) is 0 Å². The average molecular weight is 334 g/mol. The molecule has 6 nitrogen and oxygen atoms in total. The van der Waals surface area contributed by atoms with Gasteiger partial charge in [0.25, 0.3) is 5.56 Å². The molecule has 0 atom stereocenters. The molecule has 0 aliphatic carbocycles. The van der Waals surface area contributed by atoms with Crippen LogP contribution < -0.4 is 5.56 Å². The van der Waals surface area contributed by atoms with E-state index in [-0.39, 0.29) is 18.0 Å². The van der Waals surface area contributed by atoms with Gasteiger partial charge in [0.2, 0.25) is 5.91 Å². The molecule has 2 aromatic heterocycles. The van der Waals surface area contributed by atoms with Crippen LogP contribution in [0.25, 0.3) is 10.1 Å². The summed E-state index contributed by atoms with van der Waals surface area (Å²) in [6.45, 7) is 2.38. The van der Waals surface area contributed by atoms with Gasteiger partial charge in [-0.05, 0) is 30.6 Å².